The van der Waals surface area contributed by atoms with Crippen molar-refractivity contribution in [2.75, 3.05) is 44.7 Å². The average Bonchev–Trinajstić information content (AvgIpc) is 3.50. The van der Waals surface area contributed by atoms with Gasteiger partial charge in [0, 0.05) is 50.4 Å². The maximum absolute atomic E-state index is 14.4. The topological polar surface area (TPSA) is 93.5 Å². The van der Waals surface area contributed by atoms with E-state index in [0.717, 1.165) is 37.1 Å². The highest BCUT2D eigenvalue weighted by molar-refractivity contribution is 5.94. The first-order valence-corrected chi connectivity index (χ1v) is 13.2. The number of rotatable bonds is 7. The molecule has 0 aliphatic carbocycles. The quantitative estimate of drug-likeness (QED) is 0.578. The van der Waals surface area contributed by atoms with E-state index in [0.29, 0.717) is 43.4 Å². The molecule has 0 saturated carbocycles. The Morgan fingerprint density at radius 1 is 1.24 bits per heavy atom. The number of hydrogen-bond acceptors (Lipinski definition) is 7. The zero-order chi connectivity index (χ0) is 27.1. The number of urea groups is 1. The van der Waals surface area contributed by atoms with E-state index in [9.17, 15) is 14.3 Å². The molecule has 0 radical (unpaired) electrons. The lowest BCUT2D eigenvalue weighted by Crippen LogP contribution is -2.55. The van der Waals surface area contributed by atoms with Gasteiger partial charge >= 0.3 is 6.03 Å². The summed E-state index contributed by atoms with van der Waals surface area (Å²) in [5.74, 6) is 0.797. The van der Waals surface area contributed by atoms with Crippen LogP contribution >= 0.6 is 0 Å². The normalized spacial score (nSPS) is 21.4. The highest BCUT2D eigenvalue weighted by Crippen LogP contribution is 2.40. The minimum atomic E-state index is -0.790. The molecule has 1 aromatic heterocycles. The molecule has 1 aromatic carbocycles. The number of nitrogens with zero attached hydrogens (tertiary/aromatic N) is 5. The van der Waals surface area contributed by atoms with Gasteiger partial charge in [-0.25, -0.2) is 9.18 Å². The third-order valence-electron chi connectivity index (χ3n) is 7.99. The smallest absolute Gasteiger partial charge is 0.326 e. The maximum atomic E-state index is 14.4. The van der Waals surface area contributed by atoms with Gasteiger partial charge in [-0.15, -0.1) is 0 Å². The Morgan fingerprint density at radius 3 is 2.66 bits per heavy atom. The molecule has 4 heterocycles. The van der Waals surface area contributed by atoms with Crippen LogP contribution in [0.15, 0.2) is 35.4 Å². The van der Waals surface area contributed by atoms with Gasteiger partial charge in [0.2, 0.25) is 5.88 Å². The van der Waals surface area contributed by atoms with E-state index in [4.69, 9.17) is 9.72 Å². The van der Waals surface area contributed by atoms with Crippen LogP contribution in [0.4, 0.5) is 15.0 Å². The van der Waals surface area contributed by atoms with Crippen LogP contribution in [0, 0.1) is 12.7 Å². The van der Waals surface area contributed by atoms with Crippen molar-refractivity contribution >= 4 is 18.1 Å². The Kier molecular flexibility index (Phi) is 7.04. The largest absolute Gasteiger partial charge is 0.481 e. The summed E-state index contributed by atoms with van der Waals surface area (Å²) in [6.07, 6.45) is 3.33. The van der Waals surface area contributed by atoms with Crippen molar-refractivity contribution in [1.82, 2.24) is 20.2 Å². The molecule has 2 amide bonds. The number of nitrogens with one attached hydrogen (secondary N) is 1. The number of halogens is 1. The second-order valence-electron chi connectivity index (χ2n) is 11.3. The van der Waals surface area contributed by atoms with E-state index in [2.05, 4.69) is 15.4 Å². The number of pyridine rings is 1. The third-order valence-corrected chi connectivity index (χ3v) is 7.99. The third kappa shape index (κ3) is 5.07. The molecule has 3 aliphatic rings. The van der Waals surface area contributed by atoms with Gasteiger partial charge in [0.05, 0.1) is 24.8 Å². The standard InChI is InChI=1S/C28H37FN6O3/c1-19-20(6-5-7-23(19)29)16-35-26(36)34(18-28(35)10-12-33(13-11-28)17-27(2,3)37)24-9-8-22(25(32-24)38-4)21-14-30-31-15-21/h5-9,14,21,31,37H,10-13,15-18H2,1-4H3. The van der Waals surface area contributed by atoms with Gasteiger partial charge in [-0.05, 0) is 62.9 Å². The van der Waals surface area contributed by atoms with E-state index in [1.165, 1.54) is 6.07 Å². The van der Waals surface area contributed by atoms with Crippen molar-refractivity contribution in [2.45, 2.75) is 57.2 Å². The molecule has 1 spiro atoms. The van der Waals surface area contributed by atoms with Crippen molar-refractivity contribution in [3.8, 4) is 5.88 Å². The molecule has 5 rings (SSSR count). The molecule has 10 heteroatoms. The lowest BCUT2D eigenvalue weighted by atomic mass is 9.85. The summed E-state index contributed by atoms with van der Waals surface area (Å²) >= 11 is 0. The summed E-state index contributed by atoms with van der Waals surface area (Å²) in [7, 11) is 1.58. The molecular formula is C28H37FN6O3. The first kappa shape index (κ1) is 26.4. The van der Waals surface area contributed by atoms with E-state index in [1.807, 2.05) is 43.2 Å². The summed E-state index contributed by atoms with van der Waals surface area (Å²) in [5, 5.41) is 14.4. The van der Waals surface area contributed by atoms with Crippen molar-refractivity contribution in [1.29, 1.82) is 0 Å². The van der Waals surface area contributed by atoms with Crippen LogP contribution in [0.1, 0.15) is 49.3 Å². The molecule has 1 unspecified atom stereocenters. The van der Waals surface area contributed by atoms with Gasteiger partial charge in [0.25, 0.3) is 0 Å². The summed E-state index contributed by atoms with van der Waals surface area (Å²) in [5.41, 5.74) is 4.02. The second-order valence-corrected chi connectivity index (χ2v) is 11.3. The van der Waals surface area contributed by atoms with Crippen LogP contribution in [0.25, 0.3) is 0 Å². The number of hydrogen-bond donors (Lipinski definition) is 2. The number of carbonyl (C=O) groups is 1. The molecule has 204 valence electrons. The van der Waals surface area contributed by atoms with Gasteiger partial charge in [-0.1, -0.05) is 12.1 Å². The Hall–Kier alpha value is -3.24. The predicted molar refractivity (Wildman–Crippen MR) is 144 cm³/mol. The molecule has 2 fully saturated rings. The first-order chi connectivity index (χ1) is 18.1. The number of β-amino-alcohol motifs (C(OH)–C–C–N with tert-alkyl or cyclic N) is 1. The molecule has 1 atom stereocenters. The molecule has 2 N–H and O–H groups in total. The second kappa shape index (κ2) is 10.1. The first-order valence-electron chi connectivity index (χ1n) is 13.2. The van der Waals surface area contributed by atoms with Crippen molar-refractivity contribution in [3.05, 3.63) is 52.8 Å². The van der Waals surface area contributed by atoms with Crippen molar-refractivity contribution < 1.29 is 19.0 Å². The fraction of sp³-hybridized carbons (Fsp3) is 0.536. The molecule has 2 aromatic rings. The number of methoxy groups -OCH3 is 1. The number of likely N-dealkylation sites (tertiary alicyclic amines) is 1. The number of benzene rings is 1. The summed E-state index contributed by atoms with van der Waals surface area (Å²) in [6.45, 7) is 8.95. The fourth-order valence-electron chi connectivity index (χ4n) is 5.88. The van der Waals surface area contributed by atoms with E-state index in [1.54, 1.807) is 25.0 Å². The molecule has 2 saturated heterocycles. The number of aliphatic hydroxyl groups is 1. The van der Waals surface area contributed by atoms with E-state index in [-0.39, 0.29) is 17.8 Å². The number of piperidine rings is 1. The van der Waals surface area contributed by atoms with Crippen molar-refractivity contribution in [2.24, 2.45) is 5.10 Å². The lowest BCUT2D eigenvalue weighted by Gasteiger charge is -2.45. The van der Waals surface area contributed by atoms with Crippen LogP contribution < -0.4 is 15.1 Å². The van der Waals surface area contributed by atoms with Crippen LogP contribution in [0.5, 0.6) is 5.88 Å². The van der Waals surface area contributed by atoms with Crippen molar-refractivity contribution in [3.63, 3.8) is 0 Å². The molecule has 0 bridgehead atoms. The Morgan fingerprint density at radius 2 is 2.00 bits per heavy atom. The number of amides is 2. The minimum absolute atomic E-state index is 0.0553. The van der Waals surface area contributed by atoms with Gasteiger partial charge in [-0.3, -0.25) is 4.90 Å². The average molecular weight is 525 g/mol. The molecule has 38 heavy (non-hydrogen) atoms. The number of ether oxygens (including phenoxy) is 1. The number of anilines is 1. The minimum Gasteiger partial charge on any atom is -0.481 e. The monoisotopic (exact) mass is 524 g/mol. The SMILES string of the molecule is COc1nc(N2CC3(CCN(CC(C)(C)O)CC3)N(Cc3cccc(F)c3C)C2=O)ccc1C1C=NNC1. The van der Waals surface area contributed by atoms with Gasteiger partial charge in [0.1, 0.15) is 11.6 Å². The zero-order valence-electron chi connectivity index (χ0n) is 22.6. The van der Waals surface area contributed by atoms with E-state index >= 15 is 0 Å². The van der Waals surface area contributed by atoms with Crippen LogP contribution in [-0.2, 0) is 6.54 Å². The molecule has 9 nitrogen and oxygen atoms in total. The summed E-state index contributed by atoms with van der Waals surface area (Å²) in [4.78, 5) is 24.7. The molecular weight excluding hydrogens is 487 g/mol. The summed E-state index contributed by atoms with van der Waals surface area (Å²) in [6, 6.07) is 8.71. The predicted octanol–water partition coefficient (Wildman–Crippen LogP) is 3.26. The van der Waals surface area contributed by atoms with Gasteiger partial charge < -0.3 is 25.1 Å². The number of hydrazone groups is 1. The van der Waals surface area contributed by atoms with Crippen LogP contribution in [0.3, 0.4) is 0 Å². The zero-order valence-corrected chi connectivity index (χ0v) is 22.6. The van der Waals surface area contributed by atoms with Gasteiger partial charge in [-0.2, -0.15) is 10.1 Å². The fourth-order valence-corrected chi connectivity index (χ4v) is 5.88. The Bertz CT molecular complexity index is 1220. The highest BCUT2D eigenvalue weighted by atomic mass is 19.1. The highest BCUT2D eigenvalue weighted by Gasteiger charge is 2.52. The maximum Gasteiger partial charge on any atom is 0.326 e. The number of aromatic nitrogens is 1. The van der Waals surface area contributed by atoms with Crippen LogP contribution in [0.2, 0.25) is 0 Å². The Labute approximate surface area is 223 Å². The lowest BCUT2D eigenvalue weighted by molar-refractivity contribution is 0.00614. The molecule has 3 aliphatic heterocycles. The number of carbonyl (C=O) groups excluding carboxylic acids is 1. The van der Waals surface area contributed by atoms with E-state index < -0.39 is 11.1 Å². The van der Waals surface area contributed by atoms with Crippen LogP contribution in [-0.4, -0.2) is 83.1 Å². The Balaban J connectivity index is 1.46. The summed E-state index contributed by atoms with van der Waals surface area (Å²) < 4.78 is 20.0. The van der Waals surface area contributed by atoms with Gasteiger partial charge in [0.15, 0.2) is 0 Å².